The van der Waals surface area contributed by atoms with Crippen LogP contribution in [0.5, 0.6) is 0 Å². The number of pyridine rings is 1. The van der Waals surface area contributed by atoms with Crippen LogP contribution in [0.1, 0.15) is 30.3 Å². The third-order valence-corrected chi connectivity index (χ3v) is 6.65. The maximum Gasteiger partial charge on any atom is 0.332 e. The zero-order valence-corrected chi connectivity index (χ0v) is 16.3. The largest absolute Gasteiger partial charge is 0.333 e. The van der Waals surface area contributed by atoms with Gasteiger partial charge in [0.05, 0.1) is 16.9 Å². The van der Waals surface area contributed by atoms with E-state index in [0.717, 1.165) is 4.57 Å². The van der Waals surface area contributed by atoms with E-state index in [1.807, 2.05) is 6.92 Å². The van der Waals surface area contributed by atoms with Gasteiger partial charge in [-0.3, -0.25) is 18.7 Å². The van der Waals surface area contributed by atoms with Crippen LogP contribution in [0.4, 0.5) is 0 Å². The molecule has 1 atom stereocenters. The van der Waals surface area contributed by atoms with Gasteiger partial charge in [0.1, 0.15) is 11.3 Å². The summed E-state index contributed by atoms with van der Waals surface area (Å²) >= 11 is 0. The van der Waals surface area contributed by atoms with Crippen molar-refractivity contribution in [1.82, 2.24) is 19.0 Å². The lowest BCUT2D eigenvalue weighted by molar-refractivity contribution is 0.0691. The van der Waals surface area contributed by atoms with E-state index in [1.165, 1.54) is 35.7 Å². The molecule has 1 fully saturated rings. The highest BCUT2D eigenvalue weighted by atomic mass is 32.2. The van der Waals surface area contributed by atoms with Crippen molar-refractivity contribution >= 4 is 26.8 Å². The summed E-state index contributed by atoms with van der Waals surface area (Å²) in [6.45, 7) is 2.32. The van der Waals surface area contributed by atoms with Crippen LogP contribution < -0.4 is 11.2 Å². The fourth-order valence-corrected chi connectivity index (χ4v) is 5.16. The van der Waals surface area contributed by atoms with Gasteiger partial charge in [0, 0.05) is 26.7 Å². The van der Waals surface area contributed by atoms with Crippen molar-refractivity contribution in [1.29, 1.82) is 0 Å². The summed E-state index contributed by atoms with van der Waals surface area (Å²) < 4.78 is 25.8. The number of aromatic nitrogens is 3. The molecule has 1 saturated heterocycles. The van der Waals surface area contributed by atoms with Crippen molar-refractivity contribution in [3.63, 3.8) is 0 Å². The molecule has 0 bridgehead atoms. The Morgan fingerprint density at radius 3 is 2.56 bits per heavy atom. The molecule has 3 heterocycles. The average Bonchev–Trinajstić information content (AvgIpc) is 3.01. The molecule has 1 aliphatic rings. The minimum Gasteiger partial charge on any atom is -0.333 e. The van der Waals surface area contributed by atoms with Crippen LogP contribution in [0.3, 0.4) is 0 Å². The Balaban J connectivity index is 2.06. The molecule has 0 aromatic carbocycles. The summed E-state index contributed by atoms with van der Waals surface area (Å²) in [6, 6.07) is 2.54. The number of fused-ring (bicyclic) bond motifs is 1. The first-order valence-electron chi connectivity index (χ1n) is 8.74. The predicted molar refractivity (Wildman–Crippen MR) is 101 cm³/mol. The molecule has 27 heavy (non-hydrogen) atoms. The molecule has 0 saturated carbocycles. The van der Waals surface area contributed by atoms with Gasteiger partial charge in [-0.15, -0.1) is 0 Å². The SMILES string of the molecule is CCCN(C(=O)c1ccc2c(=O)n(C)c(=O)n(C)c2n1)C1CCS(=O)(=O)C1. The van der Waals surface area contributed by atoms with Gasteiger partial charge < -0.3 is 4.90 Å². The molecular formula is C17H22N4O5S. The Morgan fingerprint density at radius 2 is 1.96 bits per heavy atom. The Hall–Kier alpha value is -2.49. The van der Waals surface area contributed by atoms with Crippen molar-refractivity contribution in [3.05, 3.63) is 38.7 Å². The highest BCUT2D eigenvalue weighted by Gasteiger charge is 2.35. The maximum atomic E-state index is 13.0. The van der Waals surface area contributed by atoms with Gasteiger partial charge >= 0.3 is 5.69 Å². The summed E-state index contributed by atoms with van der Waals surface area (Å²) in [5.74, 6) is -0.374. The molecule has 0 spiro atoms. The van der Waals surface area contributed by atoms with Crippen LogP contribution in [0, 0.1) is 0 Å². The molecule has 1 aliphatic heterocycles. The highest BCUT2D eigenvalue weighted by molar-refractivity contribution is 7.91. The summed E-state index contributed by atoms with van der Waals surface area (Å²) in [4.78, 5) is 43.2. The molecule has 2 aromatic heterocycles. The lowest BCUT2D eigenvalue weighted by Gasteiger charge is -2.27. The van der Waals surface area contributed by atoms with Gasteiger partial charge in [0.2, 0.25) is 0 Å². The van der Waals surface area contributed by atoms with E-state index >= 15 is 0 Å². The average molecular weight is 394 g/mol. The van der Waals surface area contributed by atoms with E-state index in [-0.39, 0.29) is 34.3 Å². The Labute approximate surface area is 156 Å². The number of carbonyl (C=O) groups is 1. The minimum absolute atomic E-state index is 0.0502. The van der Waals surface area contributed by atoms with Crippen LogP contribution >= 0.6 is 0 Å². The normalized spacial score (nSPS) is 18.7. The lowest BCUT2D eigenvalue weighted by Crippen LogP contribution is -2.42. The van der Waals surface area contributed by atoms with E-state index in [0.29, 0.717) is 19.4 Å². The molecule has 146 valence electrons. The van der Waals surface area contributed by atoms with Crippen molar-refractivity contribution in [2.24, 2.45) is 14.1 Å². The summed E-state index contributed by atoms with van der Waals surface area (Å²) in [5, 5.41) is 0.238. The molecule has 3 rings (SSSR count). The van der Waals surface area contributed by atoms with Gasteiger partial charge in [-0.2, -0.15) is 0 Å². The number of hydrogen-bond acceptors (Lipinski definition) is 6. The fraction of sp³-hybridized carbons (Fsp3) is 0.529. The first kappa shape index (κ1) is 19.3. The Bertz CT molecular complexity index is 1130. The number of amides is 1. The molecule has 10 heteroatoms. The van der Waals surface area contributed by atoms with Gasteiger partial charge in [-0.25, -0.2) is 18.2 Å². The van der Waals surface area contributed by atoms with Gasteiger partial charge in [-0.1, -0.05) is 6.92 Å². The maximum absolute atomic E-state index is 13.0. The zero-order chi connectivity index (χ0) is 19.9. The van der Waals surface area contributed by atoms with Crippen LogP contribution in [0.25, 0.3) is 11.0 Å². The Kier molecular flexibility index (Phi) is 4.94. The van der Waals surface area contributed by atoms with E-state index in [4.69, 9.17) is 0 Å². The quantitative estimate of drug-likeness (QED) is 0.702. The number of carbonyl (C=O) groups excluding carboxylic acids is 1. The van der Waals surface area contributed by atoms with Crippen LogP contribution in [-0.4, -0.2) is 57.4 Å². The molecule has 1 amide bonds. The monoisotopic (exact) mass is 394 g/mol. The van der Waals surface area contributed by atoms with Gasteiger partial charge in [0.15, 0.2) is 9.84 Å². The van der Waals surface area contributed by atoms with Crippen LogP contribution in [0.15, 0.2) is 21.7 Å². The minimum atomic E-state index is -3.14. The summed E-state index contributed by atoms with van der Waals surface area (Å²) in [6.07, 6.45) is 1.08. The molecule has 0 radical (unpaired) electrons. The van der Waals surface area contributed by atoms with Gasteiger partial charge in [0.25, 0.3) is 11.5 Å². The molecule has 0 aliphatic carbocycles. The van der Waals surface area contributed by atoms with Crippen molar-refractivity contribution in [2.45, 2.75) is 25.8 Å². The van der Waals surface area contributed by atoms with E-state index in [1.54, 1.807) is 0 Å². The van der Waals surface area contributed by atoms with Gasteiger partial charge in [-0.05, 0) is 25.0 Å². The topological polar surface area (TPSA) is 111 Å². The van der Waals surface area contributed by atoms with Crippen molar-refractivity contribution < 1.29 is 13.2 Å². The smallest absolute Gasteiger partial charge is 0.332 e. The standard InChI is InChI=1S/C17H22N4O5S/c1-4-8-21(11-7-9-27(25,26)10-11)16(23)13-6-5-12-14(18-13)19(2)17(24)20(3)15(12)22/h5-6,11H,4,7-10H2,1-3H3. The fourth-order valence-electron chi connectivity index (χ4n) is 3.43. The van der Waals surface area contributed by atoms with Crippen molar-refractivity contribution in [3.8, 4) is 0 Å². The lowest BCUT2D eigenvalue weighted by atomic mass is 10.1. The first-order valence-corrected chi connectivity index (χ1v) is 10.6. The van der Waals surface area contributed by atoms with E-state index in [9.17, 15) is 22.8 Å². The number of sulfone groups is 1. The molecule has 0 N–H and O–H groups in total. The third-order valence-electron chi connectivity index (χ3n) is 4.90. The first-order chi connectivity index (χ1) is 12.7. The Morgan fingerprint density at radius 1 is 1.26 bits per heavy atom. The molecular weight excluding hydrogens is 372 g/mol. The predicted octanol–water partition coefficient (Wildman–Crippen LogP) is -0.328. The second-order valence-corrected chi connectivity index (χ2v) is 9.06. The number of nitrogens with zero attached hydrogens (tertiary/aromatic N) is 4. The summed E-state index contributed by atoms with van der Waals surface area (Å²) in [5.41, 5.74) is -0.795. The van der Waals surface area contributed by atoms with Crippen LogP contribution in [0.2, 0.25) is 0 Å². The number of rotatable bonds is 4. The highest BCUT2D eigenvalue weighted by Crippen LogP contribution is 2.20. The number of hydrogen-bond donors (Lipinski definition) is 0. The van der Waals surface area contributed by atoms with E-state index < -0.39 is 27.0 Å². The second-order valence-electron chi connectivity index (χ2n) is 6.83. The van der Waals surface area contributed by atoms with Crippen molar-refractivity contribution in [2.75, 3.05) is 18.1 Å². The summed E-state index contributed by atoms with van der Waals surface area (Å²) in [7, 11) is -0.269. The van der Waals surface area contributed by atoms with Crippen LogP contribution in [-0.2, 0) is 23.9 Å². The third kappa shape index (κ3) is 3.41. The zero-order valence-electron chi connectivity index (χ0n) is 15.5. The molecule has 2 aromatic rings. The molecule has 1 unspecified atom stereocenters. The second kappa shape index (κ2) is 6.91. The molecule has 9 nitrogen and oxygen atoms in total. The number of aryl methyl sites for hydroxylation is 1. The van der Waals surface area contributed by atoms with E-state index in [2.05, 4.69) is 4.98 Å².